The summed E-state index contributed by atoms with van der Waals surface area (Å²) in [7, 11) is 0. The molecular weight excluding hydrogens is 633 g/mol. The van der Waals surface area contributed by atoms with E-state index >= 15 is 0 Å². The maximum atomic E-state index is 12.1. The van der Waals surface area contributed by atoms with Gasteiger partial charge in [-0.2, -0.15) is 0 Å². The van der Waals surface area contributed by atoms with Crippen LogP contribution in [-0.2, 0) is 25.5 Å². The topological polar surface area (TPSA) is 72.8 Å². The van der Waals surface area contributed by atoms with E-state index in [1.54, 1.807) is 18.1 Å². The number of hydrogen-bond acceptors (Lipinski definition) is 5. The van der Waals surface area contributed by atoms with Crippen molar-refractivity contribution in [2.75, 3.05) is 19.8 Å². The van der Waals surface area contributed by atoms with Gasteiger partial charge >= 0.3 is 11.9 Å². The second-order valence-electron chi connectivity index (χ2n) is 16.1. The minimum absolute atomic E-state index is 0.0514. The third-order valence-electron chi connectivity index (χ3n) is 12.4. The van der Waals surface area contributed by atoms with E-state index in [0.29, 0.717) is 24.5 Å². The van der Waals surface area contributed by atoms with E-state index in [-0.39, 0.29) is 24.1 Å². The van der Waals surface area contributed by atoms with Crippen molar-refractivity contribution in [2.24, 2.45) is 29.6 Å². The van der Waals surface area contributed by atoms with Crippen molar-refractivity contribution in [3.05, 3.63) is 82.5 Å². The first-order chi connectivity index (χ1) is 24.6. The third kappa shape index (κ3) is 12.3. The summed E-state index contributed by atoms with van der Waals surface area (Å²) in [5.41, 5.74) is 7.94. The normalized spacial score (nSPS) is 24.2. The van der Waals surface area contributed by atoms with Gasteiger partial charge in [-0.3, -0.25) is 0 Å². The summed E-state index contributed by atoms with van der Waals surface area (Å²) in [5, 5.41) is 9.10. The fourth-order valence-electron chi connectivity index (χ4n) is 9.23. The van der Waals surface area contributed by atoms with Crippen molar-refractivity contribution in [3.63, 3.8) is 0 Å². The second kappa shape index (κ2) is 20.9. The average Bonchev–Trinajstić information content (AvgIpc) is 3.15. The van der Waals surface area contributed by atoms with Gasteiger partial charge in [0.1, 0.15) is 0 Å². The Morgan fingerprint density at radius 1 is 0.902 bits per heavy atom. The number of aryl methyl sites for hydroxylation is 1. The van der Waals surface area contributed by atoms with Gasteiger partial charge in [0.25, 0.3) is 0 Å². The van der Waals surface area contributed by atoms with Crippen LogP contribution in [0.3, 0.4) is 0 Å². The molecule has 1 aromatic carbocycles. The lowest BCUT2D eigenvalue weighted by molar-refractivity contribution is -0.140. The first-order valence-corrected chi connectivity index (χ1v) is 20.4. The van der Waals surface area contributed by atoms with Crippen LogP contribution in [0.25, 0.3) is 0 Å². The molecule has 4 rings (SSSR count). The number of hydrogen-bond donors (Lipinski definition) is 1. The molecule has 0 amide bonds. The van der Waals surface area contributed by atoms with Gasteiger partial charge in [-0.05, 0) is 168 Å². The van der Waals surface area contributed by atoms with Crippen LogP contribution in [0.1, 0.15) is 146 Å². The molecule has 3 aliphatic carbocycles. The van der Waals surface area contributed by atoms with Crippen molar-refractivity contribution in [3.8, 4) is 0 Å². The summed E-state index contributed by atoms with van der Waals surface area (Å²) >= 11 is 0. The molecule has 0 bridgehead atoms. The van der Waals surface area contributed by atoms with Crippen molar-refractivity contribution in [2.45, 2.75) is 143 Å². The first kappa shape index (κ1) is 40.8. The van der Waals surface area contributed by atoms with E-state index in [2.05, 4.69) is 64.3 Å². The number of ether oxygens (including phenoxy) is 2. The van der Waals surface area contributed by atoms with Gasteiger partial charge in [0.15, 0.2) is 0 Å². The first-order valence-electron chi connectivity index (χ1n) is 20.4. The van der Waals surface area contributed by atoms with Crippen molar-refractivity contribution in [1.82, 2.24) is 0 Å². The van der Waals surface area contributed by atoms with Gasteiger partial charge in [0.05, 0.1) is 25.4 Å². The Kier molecular flexibility index (Phi) is 16.8. The molecular formula is C46H68O5. The SMILES string of the molecule is C=C(C)C(=O)OCC(CCCOC(=O)C(=C)CO)Cc1ccc(C2CCC(C3CCC(C4C=CC(CCCCC)=C(CC)C4)CC3)CC2)c(C)c1. The van der Waals surface area contributed by atoms with Gasteiger partial charge in [-0.25, -0.2) is 9.59 Å². The Morgan fingerprint density at radius 2 is 1.59 bits per heavy atom. The monoisotopic (exact) mass is 701 g/mol. The minimum atomic E-state index is -0.572. The minimum Gasteiger partial charge on any atom is -0.462 e. The standard InChI is InChI=1S/C46H68O5/c1-7-9-10-13-38-21-24-43(29-37(38)8-2)41-17-15-39(16-18-41)40-19-22-42(23-20-40)44-25-14-35(27-33(44)5)28-36(31-51-45(48)32(3)4)12-11-26-50-46(49)34(6)30-47/h14,21,24-25,27,36,39-43,47H,3,6-13,15-20,22-23,26,28-31H2,1-2,4-5H3. The van der Waals surface area contributed by atoms with Gasteiger partial charge in [-0.15, -0.1) is 0 Å². The van der Waals surface area contributed by atoms with Crippen LogP contribution in [0.4, 0.5) is 0 Å². The highest BCUT2D eigenvalue weighted by Gasteiger charge is 2.34. The van der Waals surface area contributed by atoms with Crippen LogP contribution in [0.15, 0.2) is 65.8 Å². The lowest BCUT2D eigenvalue weighted by atomic mass is 9.65. The maximum Gasteiger partial charge on any atom is 0.335 e. The predicted molar refractivity (Wildman–Crippen MR) is 209 cm³/mol. The lowest BCUT2D eigenvalue weighted by Crippen LogP contribution is -2.28. The number of benzene rings is 1. The molecule has 282 valence electrons. The van der Waals surface area contributed by atoms with Gasteiger partial charge in [-0.1, -0.05) is 75.8 Å². The van der Waals surface area contributed by atoms with Crippen molar-refractivity contribution < 1.29 is 24.2 Å². The van der Waals surface area contributed by atoms with Gasteiger partial charge in [0.2, 0.25) is 0 Å². The Hall–Kier alpha value is -2.92. The van der Waals surface area contributed by atoms with E-state index in [0.717, 1.165) is 36.5 Å². The number of allylic oxidation sites excluding steroid dienone is 4. The van der Waals surface area contributed by atoms with Crippen LogP contribution >= 0.6 is 0 Å². The molecule has 0 aliphatic heterocycles. The summed E-state index contributed by atoms with van der Waals surface area (Å²) in [6.45, 7) is 15.9. The van der Waals surface area contributed by atoms with Crippen molar-refractivity contribution >= 4 is 11.9 Å². The van der Waals surface area contributed by atoms with Crippen LogP contribution in [0, 0.1) is 36.5 Å². The number of aliphatic hydroxyl groups is 1. The quantitative estimate of drug-likeness (QED) is 0.0883. The number of carbonyl (C=O) groups is 2. The fourth-order valence-corrected chi connectivity index (χ4v) is 9.23. The van der Waals surface area contributed by atoms with Crippen LogP contribution in [-0.4, -0.2) is 36.9 Å². The van der Waals surface area contributed by atoms with Gasteiger partial charge < -0.3 is 14.6 Å². The van der Waals surface area contributed by atoms with E-state index in [4.69, 9.17) is 14.6 Å². The van der Waals surface area contributed by atoms with E-state index in [9.17, 15) is 9.59 Å². The molecule has 2 atom stereocenters. The Morgan fingerprint density at radius 3 is 2.22 bits per heavy atom. The zero-order valence-corrected chi connectivity index (χ0v) is 32.5. The number of carbonyl (C=O) groups excluding carboxylic acids is 2. The average molecular weight is 701 g/mol. The Balaban J connectivity index is 1.24. The molecule has 1 aromatic rings. The highest BCUT2D eigenvalue weighted by molar-refractivity contribution is 5.88. The molecule has 1 N–H and O–H groups in total. The highest BCUT2D eigenvalue weighted by atomic mass is 16.5. The summed E-state index contributed by atoms with van der Waals surface area (Å²) in [6, 6.07) is 6.95. The summed E-state index contributed by atoms with van der Waals surface area (Å²) in [5.74, 6) is 3.23. The fraction of sp³-hybridized carbons (Fsp3) is 0.652. The summed E-state index contributed by atoms with van der Waals surface area (Å²) in [6.07, 6.45) is 26.1. The molecule has 2 saturated carbocycles. The number of esters is 2. The smallest absolute Gasteiger partial charge is 0.335 e. The molecule has 0 heterocycles. The number of unbranched alkanes of at least 4 members (excludes halogenated alkanes) is 2. The molecule has 0 saturated heterocycles. The maximum absolute atomic E-state index is 12.1. The molecule has 0 aromatic heterocycles. The Bertz CT molecular complexity index is 1370. The van der Waals surface area contributed by atoms with Crippen LogP contribution < -0.4 is 0 Å². The van der Waals surface area contributed by atoms with E-state index in [1.807, 2.05) is 0 Å². The number of aliphatic hydroxyl groups excluding tert-OH is 1. The third-order valence-corrected chi connectivity index (χ3v) is 12.4. The van der Waals surface area contributed by atoms with Crippen LogP contribution in [0.2, 0.25) is 0 Å². The van der Waals surface area contributed by atoms with Gasteiger partial charge in [0, 0.05) is 5.57 Å². The highest BCUT2D eigenvalue weighted by Crippen LogP contribution is 2.47. The lowest BCUT2D eigenvalue weighted by Gasteiger charge is -2.40. The molecule has 5 heteroatoms. The van der Waals surface area contributed by atoms with E-state index < -0.39 is 12.6 Å². The predicted octanol–water partition coefficient (Wildman–Crippen LogP) is 11.1. The molecule has 0 spiro atoms. The zero-order valence-electron chi connectivity index (χ0n) is 32.5. The largest absolute Gasteiger partial charge is 0.462 e. The molecule has 5 nitrogen and oxygen atoms in total. The Labute approximate surface area is 310 Å². The molecule has 3 aliphatic rings. The van der Waals surface area contributed by atoms with E-state index in [1.165, 1.54) is 107 Å². The number of rotatable bonds is 19. The molecule has 51 heavy (non-hydrogen) atoms. The summed E-state index contributed by atoms with van der Waals surface area (Å²) < 4.78 is 10.8. The molecule has 0 radical (unpaired) electrons. The zero-order chi connectivity index (χ0) is 36.8. The second-order valence-corrected chi connectivity index (χ2v) is 16.1. The molecule has 2 unspecified atom stereocenters. The van der Waals surface area contributed by atoms with Crippen LogP contribution in [0.5, 0.6) is 0 Å². The summed E-state index contributed by atoms with van der Waals surface area (Å²) in [4.78, 5) is 24.0. The van der Waals surface area contributed by atoms with Crippen molar-refractivity contribution in [1.29, 1.82) is 0 Å². The molecule has 2 fully saturated rings.